The molecule has 0 atom stereocenters. The van der Waals surface area contributed by atoms with Gasteiger partial charge in [0.05, 0.1) is 7.11 Å². The zero-order valence-electron chi connectivity index (χ0n) is 9.81. The topological polar surface area (TPSA) is 38.3 Å². The van der Waals surface area contributed by atoms with E-state index in [-0.39, 0.29) is 5.91 Å². The predicted molar refractivity (Wildman–Crippen MR) is 75.1 cm³/mol. The molecule has 0 heterocycles. The van der Waals surface area contributed by atoms with Crippen LogP contribution >= 0.6 is 15.9 Å². The molecule has 4 heteroatoms. The van der Waals surface area contributed by atoms with E-state index in [2.05, 4.69) is 21.2 Å². The van der Waals surface area contributed by atoms with E-state index in [0.29, 0.717) is 17.0 Å². The fraction of sp³-hybridized carbons (Fsp3) is 0.0714. The summed E-state index contributed by atoms with van der Waals surface area (Å²) in [6.45, 7) is 0. The van der Waals surface area contributed by atoms with Crippen molar-refractivity contribution in [2.24, 2.45) is 0 Å². The van der Waals surface area contributed by atoms with Gasteiger partial charge in [0.15, 0.2) is 0 Å². The highest BCUT2D eigenvalue weighted by molar-refractivity contribution is 9.10. The van der Waals surface area contributed by atoms with Crippen molar-refractivity contribution in [3.8, 4) is 5.75 Å². The lowest BCUT2D eigenvalue weighted by Crippen LogP contribution is -2.11. The Balaban J connectivity index is 2.19. The molecule has 0 saturated carbocycles. The van der Waals surface area contributed by atoms with E-state index in [4.69, 9.17) is 4.74 Å². The van der Waals surface area contributed by atoms with E-state index in [0.717, 1.165) is 4.47 Å². The van der Waals surface area contributed by atoms with E-state index in [1.807, 2.05) is 30.3 Å². The van der Waals surface area contributed by atoms with Crippen molar-refractivity contribution in [3.05, 3.63) is 58.6 Å². The Bertz CT molecular complexity index is 555. The first-order chi connectivity index (χ1) is 8.69. The third kappa shape index (κ3) is 3.11. The third-order valence-electron chi connectivity index (χ3n) is 2.40. The highest BCUT2D eigenvalue weighted by atomic mass is 79.9. The van der Waals surface area contributed by atoms with Crippen LogP contribution in [-0.4, -0.2) is 13.0 Å². The maximum absolute atomic E-state index is 12.0. The molecule has 0 aliphatic heterocycles. The summed E-state index contributed by atoms with van der Waals surface area (Å²) in [4.78, 5) is 12.0. The van der Waals surface area contributed by atoms with Gasteiger partial charge in [0.2, 0.25) is 0 Å². The van der Waals surface area contributed by atoms with E-state index < -0.39 is 0 Å². The molecule has 0 unspecified atom stereocenters. The second-order valence-corrected chi connectivity index (χ2v) is 4.62. The van der Waals surface area contributed by atoms with Gasteiger partial charge in [-0.25, -0.2) is 0 Å². The number of ether oxygens (including phenoxy) is 1. The van der Waals surface area contributed by atoms with E-state index in [9.17, 15) is 4.79 Å². The average molecular weight is 306 g/mol. The summed E-state index contributed by atoms with van der Waals surface area (Å²) in [6, 6.07) is 14.5. The average Bonchev–Trinajstić information content (AvgIpc) is 2.39. The molecule has 0 saturated heterocycles. The number of hydrogen-bond donors (Lipinski definition) is 1. The maximum Gasteiger partial charge on any atom is 0.255 e. The Morgan fingerprint density at radius 3 is 2.56 bits per heavy atom. The Kier molecular flexibility index (Phi) is 3.99. The van der Waals surface area contributed by atoms with Crippen molar-refractivity contribution in [2.75, 3.05) is 12.4 Å². The molecular weight excluding hydrogens is 294 g/mol. The van der Waals surface area contributed by atoms with Crippen LogP contribution in [0.1, 0.15) is 10.4 Å². The molecule has 2 aromatic carbocycles. The summed E-state index contributed by atoms with van der Waals surface area (Å²) in [5.74, 6) is 0.545. The molecular formula is C14H12BrNO2. The summed E-state index contributed by atoms with van der Waals surface area (Å²) < 4.78 is 5.99. The normalized spacial score (nSPS) is 9.89. The van der Waals surface area contributed by atoms with Gasteiger partial charge in [-0.1, -0.05) is 34.1 Å². The van der Waals surface area contributed by atoms with Gasteiger partial charge < -0.3 is 10.1 Å². The number of amides is 1. The molecule has 0 radical (unpaired) electrons. The van der Waals surface area contributed by atoms with Crippen LogP contribution in [0.4, 0.5) is 5.69 Å². The van der Waals surface area contributed by atoms with Crippen LogP contribution in [0.3, 0.4) is 0 Å². The number of rotatable bonds is 3. The van der Waals surface area contributed by atoms with Crippen LogP contribution in [0, 0.1) is 0 Å². The van der Waals surface area contributed by atoms with Crippen LogP contribution in [0.2, 0.25) is 0 Å². The molecule has 1 N–H and O–H groups in total. The highest BCUT2D eigenvalue weighted by Crippen LogP contribution is 2.24. The number of anilines is 1. The molecule has 0 aromatic heterocycles. The highest BCUT2D eigenvalue weighted by Gasteiger charge is 2.06. The SMILES string of the molecule is COc1cc(Br)cc(NC(=O)c2ccccc2)c1. The monoisotopic (exact) mass is 305 g/mol. The van der Waals surface area contributed by atoms with Crippen LogP contribution in [-0.2, 0) is 0 Å². The van der Waals surface area contributed by atoms with Crippen molar-refractivity contribution < 1.29 is 9.53 Å². The van der Waals surface area contributed by atoms with Crippen LogP contribution in [0.15, 0.2) is 53.0 Å². The molecule has 1 amide bonds. The zero-order chi connectivity index (χ0) is 13.0. The molecule has 0 aliphatic rings. The Morgan fingerprint density at radius 2 is 1.89 bits per heavy atom. The van der Waals surface area contributed by atoms with Crippen molar-refractivity contribution in [1.82, 2.24) is 0 Å². The number of methoxy groups -OCH3 is 1. The number of nitrogens with one attached hydrogen (secondary N) is 1. The van der Waals surface area contributed by atoms with Gasteiger partial charge >= 0.3 is 0 Å². The van der Waals surface area contributed by atoms with Crippen LogP contribution < -0.4 is 10.1 Å². The molecule has 0 bridgehead atoms. The second-order valence-electron chi connectivity index (χ2n) is 3.70. The number of carbonyl (C=O) groups is 1. The van der Waals surface area contributed by atoms with Crippen LogP contribution in [0.25, 0.3) is 0 Å². The first-order valence-electron chi connectivity index (χ1n) is 5.40. The molecule has 0 aliphatic carbocycles. The van der Waals surface area contributed by atoms with E-state index >= 15 is 0 Å². The Morgan fingerprint density at radius 1 is 1.17 bits per heavy atom. The first-order valence-corrected chi connectivity index (χ1v) is 6.19. The molecule has 92 valence electrons. The second kappa shape index (κ2) is 5.69. The first kappa shape index (κ1) is 12.6. The molecule has 0 spiro atoms. The number of carbonyl (C=O) groups excluding carboxylic acids is 1. The van der Waals surface area contributed by atoms with Crippen molar-refractivity contribution >= 4 is 27.5 Å². The van der Waals surface area contributed by atoms with Gasteiger partial charge in [0.1, 0.15) is 5.75 Å². The number of hydrogen-bond acceptors (Lipinski definition) is 2. The maximum atomic E-state index is 12.0. The fourth-order valence-electron chi connectivity index (χ4n) is 1.55. The fourth-order valence-corrected chi connectivity index (χ4v) is 2.02. The molecule has 2 rings (SSSR count). The number of benzene rings is 2. The smallest absolute Gasteiger partial charge is 0.255 e. The van der Waals surface area contributed by atoms with Gasteiger partial charge in [-0.2, -0.15) is 0 Å². The van der Waals surface area contributed by atoms with Gasteiger partial charge in [-0.3, -0.25) is 4.79 Å². The summed E-state index contributed by atoms with van der Waals surface area (Å²) in [5, 5.41) is 2.82. The lowest BCUT2D eigenvalue weighted by atomic mass is 10.2. The summed E-state index contributed by atoms with van der Waals surface area (Å²) in [6.07, 6.45) is 0. The minimum atomic E-state index is -0.143. The van der Waals surface area contributed by atoms with Crippen molar-refractivity contribution in [2.45, 2.75) is 0 Å². The Labute approximate surface area is 114 Å². The number of halogens is 1. The lowest BCUT2D eigenvalue weighted by molar-refractivity contribution is 0.102. The molecule has 0 fully saturated rings. The van der Waals surface area contributed by atoms with Crippen LogP contribution in [0.5, 0.6) is 5.75 Å². The van der Waals surface area contributed by atoms with Crippen molar-refractivity contribution in [3.63, 3.8) is 0 Å². The van der Waals surface area contributed by atoms with Gasteiger partial charge in [0.25, 0.3) is 5.91 Å². The van der Waals surface area contributed by atoms with E-state index in [1.165, 1.54) is 0 Å². The largest absolute Gasteiger partial charge is 0.497 e. The third-order valence-corrected chi connectivity index (χ3v) is 2.86. The minimum absolute atomic E-state index is 0.143. The van der Waals surface area contributed by atoms with Gasteiger partial charge in [-0.05, 0) is 24.3 Å². The van der Waals surface area contributed by atoms with Crippen molar-refractivity contribution in [1.29, 1.82) is 0 Å². The Hall–Kier alpha value is -1.81. The predicted octanol–water partition coefficient (Wildman–Crippen LogP) is 3.71. The summed E-state index contributed by atoms with van der Waals surface area (Å²) in [7, 11) is 1.59. The zero-order valence-corrected chi connectivity index (χ0v) is 11.4. The van der Waals surface area contributed by atoms with Gasteiger partial charge in [0, 0.05) is 21.8 Å². The minimum Gasteiger partial charge on any atom is -0.497 e. The standard InChI is InChI=1S/C14H12BrNO2/c1-18-13-8-11(15)7-12(9-13)16-14(17)10-5-3-2-4-6-10/h2-9H,1H3,(H,16,17). The quantitative estimate of drug-likeness (QED) is 0.939. The van der Waals surface area contributed by atoms with Gasteiger partial charge in [-0.15, -0.1) is 0 Å². The lowest BCUT2D eigenvalue weighted by Gasteiger charge is -2.08. The molecule has 18 heavy (non-hydrogen) atoms. The molecule has 3 nitrogen and oxygen atoms in total. The summed E-state index contributed by atoms with van der Waals surface area (Å²) >= 11 is 3.37. The molecule has 2 aromatic rings. The summed E-state index contributed by atoms with van der Waals surface area (Å²) in [5.41, 5.74) is 1.31. The van der Waals surface area contributed by atoms with E-state index in [1.54, 1.807) is 25.3 Å².